The SMILES string of the molecule is C#CCn1c(=NC(=O)c2cccc(OC)c2)sc2cccc(F)c21. The van der Waals surface area contributed by atoms with Gasteiger partial charge in [-0.1, -0.05) is 29.4 Å². The molecule has 0 saturated heterocycles. The highest BCUT2D eigenvalue weighted by Gasteiger charge is 2.12. The third-order valence-electron chi connectivity index (χ3n) is 3.42. The zero-order valence-electron chi connectivity index (χ0n) is 12.8. The van der Waals surface area contributed by atoms with Crippen LogP contribution in [0, 0.1) is 18.2 Å². The number of fused-ring (bicyclic) bond motifs is 1. The largest absolute Gasteiger partial charge is 0.497 e. The van der Waals surface area contributed by atoms with Gasteiger partial charge in [-0.2, -0.15) is 4.99 Å². The molecule has 1 aromatic heterocycles. The van der Waals surface area contributed by atoms with Crippen LogP contribution < -0.4 is 9.54 Å². The Bertz CT molecular complexity index is 1030. The second kappa shape index (κ2) is 6.69. The van der Waals surface area contributed by atoms with Gasteiger partial charge in [-0.25, -0.2) is 4.39 Å². The van der Waals surface area contributed by atoms with Crippen LogP contribution in [0.1, 0.15) is 10.4 Å². The molecule has 0 unspecified atom stereocenters. The number of carbonyl (C=O) groups is 1. The van der Waals surface area contributed by atoms with E-state index >= 15 is 0 Å². The van der Waals surface area contributed by atoms with Gasteiger partial charge in [0.1, 0.15) is 11.6 Å². The molecule has 0 atom stereocenters. The van der Waals surface area contributed by atoms with Crippen LogP contribution >= 0.6 is 11.3 Å². The maximum absolute atomic E-state index is 14.1. The highest BCUT2D eigenvalue weighted by molar-refractivity contribution is 7.16. The fourth-order valence-electron chi connectivity index (χ4n) is 2.32. The number of amides is 1. The summed E-state index contributed by atoms with van der Waals surface area (Å²) < 4.78 is 21.4. The lowest BCUT2D eigenvalue weighted by atomic mass is 10.2. The van der Waals surface area contributed by atoms with Crippen molar-refractivity contribution < 1.29 is 13.9 Å². The Balaban J connectivity index is 2.16. The number of hydrogen-bond donors (Lipinski definition) is 0. The van der Waals surface area contributed by atoms with Crippen molar-refractivity contribution in [2.24, 2.45) is 4.99 Å². The molecule has 6 heteroatoms. The average molecular weight is 340 g/mol. The van der Waals surface area contributed by atoms with Crippen LogP contribution in [0.15, 0.2) is 47.5 Å². The van der Waals surface area contributed by atoms with Gasteiger partial charge in [-0.3, -0.25) is 4.79 Å². The normalized spacial score (nSPS) is 11.5. The number of hydrogen-bond acceptors (Lipinski definition) is 3. The van der Waals surface area contributed by atoms with Crippen molar-refractivity contribution in [3.8, 4) is 18.1 Å². The van der Waals surface area contributed by atoms with Crippen molar-refractivity contribution in [2.45, 2.75) is 6.54 Å². The molecular weight excluding hydrogens is 327 g/mol. The van der Waals surface area contributed by atoms with Crippen LogP contribution in [0.4, 0.5) is 4.39 Å². The summed E-state index contributed by atoms with van der Waals surface area (Å²) in [5.41, 5.74) is 0.747. The number of methoxy groups -OCH3 is 1. The molecule has 0 N–H and O–H groups in total. The molecule has 0 radical (unpaired) electrons. The fourth-order valence-corrected chi connectivity index (χ4v) is 3.36. The standard InChI is InChI=1S/C18H13FN2O2S/c1-3-10-21-16-14(19)8-5-9-15(16)24-18(21)20-17(22)12-6-4-7-13(11-12)23-2/h1,4-9,11H,10H2,2H3. The van der Waals surface area contributed by atoms with E-state index in [0.29, 0.717) is 26.3 Å². The van der Waals surface area contributed by atoms with Crippen molar-refractivity contribution in [1.82, 2.24) is 4.57 Å². The first-order valence-corrected chi connectivity index (χ1v) is 7.90. The molecule has 0 bridgehead atoms. The maximum atomic E-state index is 14.1. The quantitative estimate of drug-likeness (QED) is 0.687. The van der Waals surface area contributed by atoms with Crippen molar-refractivity contribution in [1.29, 1.82) is 0 Å². The number of terminal acetylenes is 1. The number of aromatic nitrogens is 1. The van der Waals surface area contributed by atoms with E-state index in [9.17, 15) is 9.18 Å². The minimum absolute atomic E-state index is 0.130. The van der Waals surface area contributed by atoms with Gasteiger partial charge in [0.15, 0.2) is 4.80 Å². The number of para-hydroxylation sites is 1. The molecule has 1 heterocycles. The van der Waals surface area contributed by atoms with E-state index in [1.54, 1.807) is 36.4 Å². The lowest BCUT2D eigenvalue weighted by Gasteiger charge is -2.02. The Morgan fingerprint density at radius 2 is 2.17 bits per heavy atom. The first-order valence-electron chi connectivity index (χ1n) is 7.08. The fraction of sp³-hybridized carbons (Fsp3) is 0.111. The smallest absolute Gasteiger partial charge is 0.279 e. The van der Waals surface area contributed by atoms with Crippen LogP contribution in [0.3, 0.4) is 0 Å². The molecule has 0 saturated carbocycles. The van der Waals surface area contributed by atoms with Crippen LogP contribution in [-0.4, -0.2) is 17.6 Å². The number of ether oxygens (including phenoxy) is 1. The highest BCUT2D eigenvalue weighted by atomic mass is 32.1. The number of halogens is 1. The molecule has 0 aliphatic carbocycles. The van der Waals surface area contributed by atoms with E-state index < -0.39 is 11.7 Å². The van der Waals surface area contributed by atoms with Crippen LogP contribution in [0.5, 0.6) is 5.75 Å². The second-order valence-electron chi connectivity index (χ2n) is 4.91. The van der Waals surface area contributed by atoms with Crippen molar-refractivity contribution >= 4 is 27.5 Å². The van der Waals surface area contributed by atoms with Crippen LogP contribution in [-0.2, 0) is 6.54 Å². The average Bonchev–Trinajstić information content (AvgIpc) is 2.94. The van der Waals surface area contributed by atoms with Gasteiger partial charge in [0.05, 0.1) is 23.9 Å². The summed E-state index contributed by atoms with van der Waals surface area (Å²) in [7, 11) is 1.52. The molecular formula is C18H13FN2O2S. The predicted molar refractivity (Wildman–Crippen MR) is 91.5 cm³/mol. The van der Waals surface area contributed by atoms with Gasteiger partial charge >= 0.3 is 0 Å². The monoisotopic (exact) mass is 340 g/mol. The van der Waals surface area contributed by atoms with Crippen LogP contribution in [0.25, 0.3) is 10.2 Å². The minimum atomic E-state index is -0.438. The van der Waals surface area contributed by atoms with Gasteiger partial charge in [-0.15, -0.1) is 6.42 Å². The Labute approximate surface area is 141 Å². The Hall–Kier alpha value is -2.91. The third kappa shape index (κ3) is 2.94. The van der Waals surface area contributed by atoms with Gasteiger partial charge < -0.3 is 9.30 Å². The van der Waals surface area contributed by atoms with E-state index in [4.69, 9.17) is 11.2 Å². The lowest BCUT2D eigenvalue weighted by molar-refractivity contribution is 0.0997. The molecule has 0 fully saturated rings. The summed E-state index contributed by atoms with van der Waals surface area (Å²) in [6.07, 6.45) is 5.38. The summed E-state index contributed by atoms with van der Waals surface area (Å²) in [6, 6.07) is 11.4. The number of benzene rings is 2. The molecule has 0 spiro atoms. The summed E-state index contributed by atoms with van der Waals surface area (Å²) in [6.45, 7) is 0.130. The van der Waals surface area contributed by atoms with E-state index in [1.807, 2.05) is 0 Å². The summed E-state index contributed by atoms with van der Waals surface area (Å²) >= 11 is 1.22. The van der Waals surface area contributed by atoms with E-state index in [0.717, 1.165) is 0 Å². The van der Waals surface area contributed by atoms with E-state index in [-0.39, 0.29) is 6.54 Å². The molecule has 3 rings (SSSR count). The maximum Gasteiger partial charge on any atom is 0.279 e. The molecule has 0 aliphatic heterocycles. The zero-order chi connectivity index (χ0) is 17.1. The minimum Gasteiger partial charge on any atom is -0.497 e. The van der Waals surface area contributed by atoms with Gasteiger partial charge in [0.25, 0.3) is 5.91 Å². The van der Waals surface area contributed by atoms with Crippen molar-refractivity contribution in [3.63, 3.8) is 0 Å². The number of thiazole rings is 1. The molecule has 120 valence electrons. The molecule has 0 aliphatic rings. The van der Waals surface area contributed by atoms with Gasteiger partial charge in [-0.05, 0) is 30.3 Å². The number of rotatable bonds is 3. The summed E-state index contributed by atoms with van der Waals surface area (Å²) in [4.78, 5) is 16.9. The molecule has 3 aromatic rings. The third-order valence-corrected chi connectivity index (χ3v) is 4.46. The van der Waals surface area contributed by atoms with Gasteiger partial charge in [0, 0.05) is 5.56 Å². The molecule has 2 aromatic carbocycles. The first-order chi connectivity index (χ1) is 11.6. The number of nitrogens with zero attached hydrogens (tertiary/aromatic N) is 2. The highest BCUT2D eigenvalue weighted by Crippen LogP contribution is 2.20. The molecule has 1 amide bonds. The summed E-state index contributed by atoms with van der Waals surface area (Å²) in [5, 5.41) is 0. The Morgan fingerprint density at radius 1 is 1.38 bits per heavy atom. The van der Waals surface area contributed by atoms with E-state index in [1.165, 1.54) is 29.1 Å². The summed E-state index contributed by atoms with van der Waals surface area (Å²) in [5.74, 6) is 2.21. The first kappa shape index (κ1) is 16.0. The molecule has 24 heavy (non-hydrogen) atoms. The predicted octanol–water partition coefficient (Wildman–Crippen LogP) is 3.22. The topological polar surface area (TPSA) is 43.6 Å². The Kier molecular flexibility index (Phi) is 4.45. The van der Waals surface area contributed by atoms with Crippen molar-refractivity contribution in [3.05, 3.63) is 58.6 Å². The van der Waals surface area contributed by atoms with Crippen molar-refractivity contribution in [2.75, 3.05) is 7.11 Å². The Morgan fingerprint density at radius 3 is 2.92 bits per heavy atom. The van der Waals surface area contributed by atoms with Gasteiger partial charge in [0.2, 0.25) is 0 Å². The van der Waals surface area contributed by atoms with E-state index in [2.05, 4.69) is 10.9 Å². The zero-order valence-corrected chi connectivity index (χ0v) is 13.6. The second-order valence-corrected chi connectivity index (χ2v) is 5.92. The number of carbonyl (C=O) groups excluding carboxylic acids is 1. The van der Waals surface area contributed by atoms with Crippen LogP contribution in [0.2, 0.25) is 0 Å². The lowest BCUT2D eigenvalue weighted by Crippen LogP contribution is -2.17. The molecule has 4 nitrogen and oxygen atoms in total.